The van der Waals surface area contributed by atoms with Crippen molar-refractivity contribution >= 4 is 39.4 Å². The van der Waals surface area contributed by atoms with E-state index in [0.29, 0.717) is 12.8 Å². The molecule has 0 unspecified atom stereocenters. The van der Waals surface area contributed by atoms with Crippen LogP contribution >= 0.6 is 0 Å². The van der Waals surface area contributed by atoms with Gasteiger partial charge in [-0.3, -0.25) is 9.78 Å². The molecule has 2 amide bonds. The van der Waals surface area contributed by atoms with E-state index >= 15 is 0 Å². The third-order valence-electron chi connectivity index (χ3n) is 6.54. The Kier molecular flexibility index (Phi) is 6.39. The highest BCUT2D eigenvalue weighted by molar-refractivity contribution is 6.01. The Morgan fingerprint density at radius 2 is 1.75 bits per heavy atom. The third kappa shape index (κ3) is 5.35. The first kappa shape index (κ1) is 23.9. The van der Waals surface area contributed by atoms with Crippen LogP contribution in [0.3, 0.4) is 0 Å². The molecule has 4 aromatic rings. The zero-order valence-electron chi connectivity index (χ0n) is 20.8. The summed E-state index contributed by atoms with van der Waals surface area (Å²) in [5.41, 5.74) is 1.92. The Balaban J connectivity index is 1.26. The van der Waals surface area contributed by atoms with E-state index < -0.39 is 11.7 Å². The number of alkyl carbamates (subject to hydrolysis) is 1. The lowest BCUT2D eigenvalue weighted by molar-refractivity contribution is -0.120. The highest BCUT2D eigenvalue weighted by Gasteiger charge is 2.28. The number of aromatic nitrogens is 1. The Bertz CT molecular complexity index is 1380. The number of benzene rings is 2. The molecular formula is C29H31N3O4. The molecule has 0 spiro atoms. The number of anilines is 1. The molecule has 2 N–H and O–H groups in total. The third-order valence-corrected chi connectivity index (χ3v) is 6.54. The lowest BCUT2D eigenvalue weighted by Crippen LogP contribution is -2.42. The molecule has 36 heavy (non-hydrogen) atoms. The summed E-state index contributed by atoms with van der Waals surface area (Å²) in [6.07, 6.45) is 6.13. The standard InChI is InChI=1S/C29H31N3O4/c1-29(2,3)36-28(34)32-21-11-8-18(9-12-21)27(33)31-22-13-10-20-16-30-17-24(23(20)15-22)26-14-19-6-4-5-7-25(19)35-26/h4-7,10,13-18,21H,8-9,11-12H2,1-3H3,(H,31,33)(H,32,34)/t18-,21-. The molecule has 0 saturated heterocycles. The smallest absolute Gasteiger partial charge is 0.407 e. The monoisotopic (exact) mass is 485 g/mol. The number of carbonyl (C=O) groups excluding carboxylic acids is 2. The van der Waals surface area contributed by atoms with Crippen molar-refractivity contribution < 1.29 is 18.7 Å². The summed E-state index contributed by atoms with van der Waals surface area (Å²) in [5, 5.41) is 8.99. The van der Waals surface area contributed by atoms with Crippen LogP contribution in [0, 0.1) is 5.92 Å². The number of rotatable bonds is 4. The Morgan fingerprint density at radius 3 is 2.50 bits per heavy atom. The van der Waals surface area contributed by atoms with Gasteiger partial charge in [0.1, 0.15) is 16.9 Å². The van der Waals surface area contributed by atoms with Crippen LogP contribution in [0.2, 0.25) is 0 Å². The van der Waals surface area contributed by atoms with Crippen molar-refractivity contribution in [3.63, 3.8) is 0 Å². The summed E-state index contributed by atoms with van der Waals surface area (Å²) in [7, 11) is 0. The summed E-state index contributed by atoms with van der Waals surface area (Å²) < 4.78 is 11.4. The summed E-state index contributed by atoms with van der Waals surface area (Å²) in [5.74, 6) is 0.655. The van der Waals surface area contributed by atoms with E-state index in [4.69, 9.17) is 9.15 Å². The fourth-order valence-electron chi connectivity index (χ4n) is 4.77. The van der Waals surface area contributed by atoms with Gasteiger partial charge in [0.2, 0.25) is 5.91 Å². The van der Waals surface area contributed by atoms with Crippen LogP contribution in [0.1, 0.15) is 46.5 Å². The maximum Gasteiger partial charge on any atom is 0.407 e. The lowest BCUT2D eigenvalue weighted by Gasteiger charge is -2.29. The van der Waals surface area contributed by atoms with Gasteiger partial charge in [-0.25, -0.2) is 4.79 Å². The molecule has 2 aromatic carbocycles. The Morgan fingerprint density at radius 1 is 0.972 bits per heavy atom. The Hall–Kier alpha value is -3.87. The summed E-state index contributed by atoms with van der Waals surface area (Å²) in [4.78, 5) is 29.5. The predicted molar refractivity (Wildman–Crippen MR) is 141 cm³/mol. The lowest BCUT2D eigenvalue weighted by atomic mass is 9.85. The van der Waals surface area contributed by atoms with Crippen molar-refractivity contribution in [1.82, 2.24) is 10.3 Å². The first-order valence-corrected chi connectivity index (χ1v) is 12.4. The molecule has 1 aliphatic rings. The quantitative estimate of drug-likeness (QED) is 0.337. The number of carbonyl (C=O) groups is 2. The molecule has 7 heteroatoms. The van der Waals surface area contributed by atoms with Gasteiger partial charge < -0.3 is 19.8 Å². The SMILES string of the molecule is CC(C)(C)OC(=O)N[C@H]1CC[C@H](C(=O)Nc2ccc3cncc(-c4cc5ccccc5o4)c3c2)CC1. The van der Waals surface area contributed by atoms with Crippen molar-refractivity contribution in [2.75, 3.05) is 5.32 Å². The van der Waals surface area contributed by atoms with Crippen molar-refractivity contribution in [3.05, 3.63) is 60.9 Å². The summed E-state index contributed by atoms with van der Waals surface area (Å²) >= 11 is 0. The van der Waals surface area contributed by atoms with Gasteiger partial charge in [-0.2, -0.15) is 0 Å². The van der Waals surface area contributed by atoms with E-state index in [9.17, 15) is 9.59 Å². The fourth-order valence-corrected chi connectivity index (χ4v) is 4.77. The number of para-hydroxylation sites is 1. The van der Waals surface area contributed by atoms with E-state index in [1.54, 1.807) is 6.20 Å². The molecule has 1 aliphatic carbocycles. The summed E-state index contributed by atoms with van der Waals surface area (Å²) in [6.45, 7) is 5.53. The van der Waals surface area contributed by atoms with Crippen molar-refractivity contribution in [2.45, 2.75) is 58.1 Å². The number of amides is 2. The van der Waals surface area contributed by atoms with E-state index in [1.807, 2.05) is 75.5 Å². The van der Waals surface area contributed by atoms with Gasteiger partial charge in [-0.1, -0.05) is 24.3 Å². The minimum absolute atomic E-state index is 0.00408. The minimum Gasteiger partial charge on any atom is -0.456 e. The average molecular weight is 486 g/mol. The van der Waals surface area contributed by atoms with Crippen molar-refractivity contribution in [2.24, 2.45) is 5.92 Å². The Labute approximate surface area is 210 Å². The molecule has 0 bridgehead atoms. The van der Waals surface area contributed by atoms with Crippen LogP contribution in [-0.2, 0) is 9.53 Å². The van der Waals surface area contributed by atoms with Gasteiger partial charge in [-0.05, 0) is 76.1 Å². The molecule has 0 aliphatic heterocycles. The molecule has 1 saturated carbocycles. The highest BCUT2D eigenvalue weighted by atomic mass is 16.6. The van der Waals surface area contributed by atoms with Gasteiger partial charge >= 0.3 is 6.09 Å². The first-order valence-electron chi connectivity index (χ1n) is 12.4. The number of furan rings is 1. The van der Waals surface area contributed by atoms with Gasteiger partial charge in [-0.15, -0.1) is 0 Å². The van der Waals surface area contributed by atoms with Crippen LogP contribution in [0.4, 0.5) is 10.5 Å². The first-order chi connectivity index (χ1) is 17.2. The van der Waals surface area contributed by atoms with Gasteiger partial charge in [0.15, 0.2) is 0 Å². The summed E-state index contributed by atoms with van der Waals surface area (Å²) in [6, 6.07) is 15.8. The second kappa shape index (κ2) is 9.64. The normalized spacial score (nSPS) is 18.2. The molecule has 7 nitrogen and oxygen atoms in total. The van der Waals surface area contributed by atoms with Crippen LogP contribution in [0.15, 0.2) is 65.3 Å². The number of hydrogen-bond acceptors (Lipinski definition) is 5. The number of nitrogens with one attached hydrogen (secondary N) is 2. The zero-order valence-corrected chi connectivity index (χ0v) is 20.8. The van der Waals surface area contributed by atoms with Crippen molar-refractivity contribution in [1.29, 1.82) is 0 Å². The topological polar surface area (TPSA) is 93.5 Å². The highest BCUT2D eigenvalue weighted by Crippen LogP contribution is 2.34. The van der Waals surface area contributed by atoms with E-state index in [1.165, 1.54) is 0 Å². The maximum absolute atomic E-state index is 13.0. The number of fused-ring (bicyclic) bond motifs is 2. The van der Waals surface area contributed by atoms with E-state index in [-0.39, 0.29) is 17.9 Å². The molecular weight excluding hydrogens is 454 g/mol. The molecule has 0 radical (unpaired) electrons. The average Bonchev–Trinajstić information content (AvgIpc) is 3.27. The van der Waals surface area contributed by atoms with Crippen LogP contribution in [-0.4, -0.2) is 28.6 Å². The molecule has 186 valence electrons. The molecule has 0 atom stereocenters. The van der Waals surface area contributed by atoms with E-state index in [0.717, 1.165) is 51.6 Å². The second-order valence-electron chi connectivity index (χ2n) is 10.5. The van der Waals surface area contributed by atoms with Crippen LogP contribution in [0.5, 0.6) is 0 Å². The van der Waals surface area contributed by atoms with Gasteiger partial charge in [0.25, 0.3) is 0 Å². The molecule has 2 heterocycles. The molecule has 5 rings (SSSR count). The van der Waals surface area contributed by atoms with Gasteiger partial charge in [0.05, 0.1) is 0 Å². The number of hydrogen-bond donors (Lipinski definition) is 2. The van der Waals surface area contributed by atoms with Gasteiger partial charge in [0, 0.05) is 46.4 Å². The zero-order chi connectivity index (χ0) is 25.3. The van der Waals surface area contributed by atoms with Crippen molar-refractivity contribution in [3.8, 4) is 11.3 Å². The van der Waals surface area contributed by atoms with E-state index in [2.05, 4.69) is 15.6 Å². The maximum atomic E-state index is 13.0. The fraction of sp³-hybridized carbons (Fsp3) is 0.345. The number of pyridine rings is 1. The molecule has 1 fully saturated rings. The second-order valence-corrected chi connectivity index (χ2v) is 10.5. The molecule has 2 aromatic heterocycles. The number of nitrogens with zero attached hydrogens (tertiary/aromatic N) is 1. The largest absolute Gasteiger partial charge is 0.456 e. The van der Waals surface area contributed by atoms with Crippen LogP contribution < -0.4 is 10.6 Å². The predicted octanol–water partition coefficient (Wildman–Crippen LogP) is 6.67. The number of ether oxygens (including phenoxy) is 1. The van der Waals surface area contributed by atoms with Crippen LogP contribution in [0.25, 0.3) is 33.1 Å². The minimum atomic E-state index is -0.526.